The molecule has 0 fully saturated rings. The van der Waals surface area contributed by atoms with Crippen molar-refractivity contribution in [3.63, 3.8) is 0 Å². The lowest BCUT2D eigenvalue weighted by Gasteiger charge is -2.20. The largest absolute Gasteiger partial charge is 0.406 e. The Bertz CT molecular complexity index is 752. The zero-order valence-corrected chi connectivity index (χ0v) is 12.3. The highest BCUT2D eigenvalue weighted by atomic mass is 32.5. The van der Waals surface area contributed by atoms with Crippen molar-refractivity contribution in [2.75, 3.05) is 13.1 Å². The van der Waals surface area contributed by atoms with E-state index in [9.17, 15) is 0 Å². The molecule has 0 aliphatic heterocycles. The van der Waals surface area contributed by atoms with Gasteiger partial charge in [-0.1, -0.05) is 13.8 Å². The minimum Gasteiger partial charge on any atom is -0.406 e. The fourth-order valence-electron chi connectivity index (χ4n) is 1.15. The molecule has 108 valence electrons. The number of rotatable bonds is 7. The van der Waals surface area contributed by atoms with E-state index in [1.54, 1.807) is 20.8 Å². The predicted octanol–water partition coefficient (Wildman–Crippen LogP) is 3.58. The van der Waals surface area contributed by atoms with Crippen LogP contribution in [0.1, 0.15) is 58.7 Å². The number of hydrogen-bond donors (Lipinski definition) is 0. The van der Waals surface area contributed by atoms with E-state index >= 15 is 0 Å². The first-order valence-electron chi connectivity index (χ1n) is 10.3. The number of aryl methyl sites for hydroxylation is 1. The molecular formula is C12H21N2O3PS. The van der Waals surface area contributed by atoms with Crippen LogP contribution in [0.15, 0.2) is 6.07 Å². The Morgan fingerprint density at radius 2 is 2.00 bits per heavy atom. The van der Waals surface area contributed by atoms with Gasteiger partial charge in [-0.2, -0.15) is 4.98 Å². The van der Waals surface area contributed by atoms with Crippen LogP contribution >= 0.6 is 6.72 Å². The van der Waals surface area contributed by atoms with Gasteiger partial charge >= 0.3 is 6.72 Å². The number of aromatic nitrogens is 2. The molecule has 1 aromatic heterocycles. The van der Waals surface area contributed by atoms with Crippen molar-refractivity contribution < 1.29 is 27.3 Å². The van der Waals surface area contributed by atoms with Gasteiger partial charge in [0.2, 0.25) is 5.88 Å². The van der Waals surface area contributed by atoms with Gasteiger partial charge in [0.25, 0.3) is 0 Å². The minimum atomic E-state index is -4.67. The summed E-state index contributed by atoms with van der Waals surface area (Å²) in [6.07, 6.45) is 0. The van der Waals surface area contributed by atoms with Gasteiger partial charge < -0.3 is 4.52 Å². The monoisotopic (exact) mass is 314 g/mol. The summed E-state index contributed by atoms with van der Waals surface area (Å²) in [6, 6.07) is 1.26. The third-order valence-corrected chi connectivity index (χ3v) is 3.60. The zero-order chi connectivity index (χ0) is 23.1. The van der Waals surface area contributed by atoms with Crippen LogP contribution in [0.5, 0.6) is 5.88 Å². The SMILES string of the molecule is [2H]C([2H])([2H])C([2H])([2H])OP(=S)(Oc1cc(C)nc(C(C)C)n1)OC([2H])([2H])C([2H])([2H])[2H]. The molecule has 5 nitrogen and oxygen atoms in total. The minimum absolute atomic E-state index is 0.153. The molecule has 0 spiro atoms. The molecule has 0 unspecified atom stereocenters. The van der Waals surface area contributed by atoms with Crippen molar-refractivity contribution in [2.24, 2.45) is 0 Å². The summed E-state index contributed by atoms with van der Waals surface area (Å²) in [6.45, 7) is -13.1. The lowest BCUT2D eigenvalue weighted by molar-refractivity contribution is 0.215. The Morgan fingerprint density at radius 1 is 1.37 bits per heavy atom. The normalized spacial score (nSPS) is 22.5. The smallest absolute Gasteiger partial charge is 0.381 e. The zero-order valence-electron chi connectivity index (χ0n) is 20.6. The Hall–Kier alpha value is -0.550. The van der Waals surface area contributed by atoms with Crippen LogP contribution in [0, 0.1) is 6.92 Å². The van der Waals surface area contributed by atoms with Crippen molar-refractivity contribution in [1.82, 2.24) is 9.97 Å². The average Bonchev–Trinajstić information content (AvgIpc) is 2.41. The van der Waals surface area contributed by atoms with Crippen molar-refractivity contribution in [1.29, 1.82) is 0 Å². The van der Waals surface area contributed by atoms with E-state index < -0.39 is 33.5 Å². The Balaban J connectivity index is 3.44. The molecule has 0 amide bonds. The molecule has 7 heteroatoms. The van der Waals surface area contributed by atoms with Gasteiger partial charge in [0.15, 0.2) is 0 Å². The van der Waals surface area contributed by atoms with E-state index in [1.165, 1.54) is 6.07 Å². The molecule has 0 aliphatic rings. The van der Waals surface area contributed by atoms with Gasteiger partial charge in [-0.3, -0.25) is 9.05 Å². The van der Waals surface area contributed by atoms with Crippen LogP contribution in [0.25, 0.3) is 0 Å². The van der Waals surface area contributed by atoms with Crippen LogP contribution < -0.4 is 4.52 Å². The maximum absolute atomic E-state index is 7.60. The van der Waals surface area contributed by atoms with E-state index in [0.29, 0.717) is 11.5 Å². The maximum atomic E-state index is 7.60. The highest BCUT2D eigenvalue weighted by Crippen LogP contribution is 2.49. The quantitative estimate of drug-likeness (QED) is 0.717. The Morgan fingerprint density at radius 3 is 2.53 bits per heavy atom. The van der Waals surface area contributed by atoms with E-state index in [4.69, 9.17) is 39.1 Å². The molecule has 0 aromatic carbocycles. The molecule has 0 bridgehead atoms. The fraction of sp³-hybridized carbons (Fsp3) is 0.667. The van der Waals surface area contributed by atoms with Crippen molar-refractivity contribution in [3.05, 3.63) is 17.6 Å². The van der Waals surface area contributed by atoms with Crippen LogP contribution in [-0.4, -0.2) is 23.1 Å². The standard InChI is InChI=1S/C12H21N2O3PS/c1-6-15-18(19,16-7-2)17-11-8-10(5)13-12(14-11)9(3)4/h8-9H,6-7H2,1-5H3/i1D3,2D3,6D2,7D2. The van der Waals surface area contributed by atoms with Gasteiger partial charge in [-0.25, -0.2) is 4.98 Å². The highest BCUT2D eigenvalue weighted by Gasteiger charge is 2.22. The van der Waals surface area contributed by atoms with E-state index in [1.807, 2.05) is 0 Å². The number of nitrogens with zero attached hydrogens (tertiary/aromatic N) is 2. The molecule has 1 aromatic rings. The van der Waals surface area contributed by atoms with Crippen LogP contribution in [0.4, 0.5) is 0 Å². The van der Waals surface area contributed by atoms with Gasteiger partial charge in [0.05, 0.1) is 18.6 Å². The summed E-state index contributed by atoms with van der Waals surface area (Å²) in [5.41, 5.74) is 0.415. The van der Waals surface area contributed by atoms with Crippen molar-refractivity contribution in [2.45, 2.75) is 40.4 Å². The van der Waals surface area contributed by atoms with Crippen LogP contribution in [0.3, 0.4) is 0 Å². The second-order valence-corrected chi connectivity index (χ2v) is 6.57. The molecule has 0 aliphatic carbocycles. The van der Waals surface area contributed by atoms with Gasteiger partial charge in [0.1, 0.15) is 5.82 Å². The summed E-state index contributed by atoms with van der Waals surface area (Å²) < 4.78 is 88.6. The molecular weight excluding hydrogens is 283 g/mol. The third kappa shape index (κ3) is 5.15. The van der Waals surface area contributed by atoms with Crippen LogP contribution in [0.2, 0.25) is 0 Å². The summed E-state index contributed by atoms with van der Waals surface area (Å²) in [4.78, 5) is 8.21. The van der Waals surface area contributed by atoms with Crippen molar-refractivity contribution in [3.8, 4) is 5.88 Å². The Labute approximate surface area is 134 Å². The maximum Gasteiger partial charge on any atom is 0.381 e. The van der Waals surface area contributed by atoms with Crippen molar-refractivity contribution >= 4 is 18.5 Å². The molecule has 0 radical (unpaired) electrons. The first-order chi connectivity index (χ1) is 12.7. The predicted molar refractivity (Wildman–Crippen MR) is 79.0 cm³/mol. The van der Waals surface area contributed by atoms with Gasteiger partial charge in [0, 0.05) is 37.7 Å². The van der Waals surface area contributed by atoms with E-state index in [2.05, 4.69) is 9.97 Å². The summed E-state index contributed by atoms with van der Waals surface area (Å²) in [5, 5.41) is 0. The topological polar surface area (TPSA) is 53.5 Å². The molecule has 0 atom stereocenters. The second kappa shape index (κ2) is 7.29. The lowest BCUT2D eigenvalue weighted by Crippen LogP contribution is -2.06. The molecule has 1 heterocycles. The van der Waals surface area contributed by atoms with Crippen LogP contribution in [-0.2, 0) is 20.9 Å². The molecule has 0 saturated heterocycles. The fourth-order valence-corrected chi connectivity index (χ4v) is 2.26. The Kier molecular flexibility index (Phi) is 2.66. The molecule has 1 rings (SSSR count). The van der Waals surface area contributed by atoms with E-state index in [-0.39, 0.29) is 11.8 Å². The summed E-state index contributed by atoms with van der Waals surface area (Å²) in [5.74, 6) is -0.147. The van der Waals surface area contributed by atoms with Gasteiger partial charge in [-0.05, 0) is 20.6 Å². The number of hydrogen-bond acceptors (Lipinski definition) is 6. The summed E-state index contributed by atoms with van der Waals surface area (Å²) >= 11 is 4.97. The first kappa shape index (κ1) is 6.94. The second-order valence-electron chi connectivity index (χ2n) is 3.79. The lowest BCUT2D eigenvalue weighted by atomic mass is 10.2. The molecule has 0 saturated carbocycles. The highest BCUT2D eigenvalue weighted by molar-refractivity contribution is 8.07. The average molecular weight is 314 g/mol. The molecule has 0 N–H and O–H groups in total. The van der Waals surface area contributed by atoms with E-state index in [0.717, 1.165) is 0 Å². The molecule has 19 heavy (non-hydrogen) atoms. The third-order valence-electron chi connectivity index (χ3n) is 1.88. The summed E-state index contributed by atoms with van der Waals surface area (Å²) in [7, 11) is 0. The van der Waals surface area contributed by atoms with Gasteiger partial charge in [-0.15, -0.1) is 0 Å². The first-order valence-corrected chi connectivity index (χ1v) is 7.81.